The number of benzene rings is 3. The molecule has 41 heavy (non-hydrogen) atoms. The highest BCUT2D eigenvalue weighted by Crippen LogP contribution is 2.33. The molecule has 0 aliphatic heterocycles. The number of nitriles is 1. The summed E-state index contributed by atoms with van der Waals surface area (Å²) in [5.41, 5.74) is 0.356. The van der Waals surface area contributed by atoms with Crippen LogP contribution in [0, 0.1) is 18.3 Å². The first-order valence-corrected chi connectivity index (χ1v) is 14.6. The molecular weight excluding hydrogens is 540 g/mol. The number of hydrogen-bond donors (Lipinski definition) is 3. The average molecular weight is 577 g/mol. The van der Waals surface area contributed by atoms with Crippen LogP contribution in [-0.2, 0) is 14.3 Å². The fourth-order valence-electron chi connectivity index (χ4n) is 4.35. The molecular formula is C31H36N4O5S. The molecule has 216 valence electrons. The minimum atomic E-state index is -1.37. The molecule has 9 nitrogen and oxygen atoms in total. The zero-order valence-corrected chi connectivity index (χ0v) is 24.7. The molecule has 0 bridgehead atoms. The molecule has 0 saturated heterocycles. The Morgan fingerprint density at radius 3 is 2.44 bits per heavy atom. The Morgan fingerprint density at radius 2 is 1.78 bits per heavy atom. The van der Waals surface area contributed by atoms with Crippen molar-refractivity contribution < 1.29 is 24.2 Å². The zero-order valence-electron chi connectivity index (χ0n) is 23.9. The summed E-state index contributed by atoms with van der Waals surface area (Å²) in [6.45, 7) is 6.34. The first-order valence-electron chi connectivity index (χ1n) is 13.2. The summed E-state index contributed by atoms with van der Waals surface area (Å²) in [6, 6.07) is 17.5. The van der Waals surface area contributed by atoms with E-state index in [0.29, 0.717) is 17.0 Å². The highest BCUT2D eigenvalue weighted by Gasteiger charge is 2.37. The molecule has 10 heteroatoms. The number of nitrogens with one attached hydrogen (secondary N) is 2. The van der Waals surface area contributed by atoms with Gasteiger partial charge in [0, 0.05) is 11.3 Å². The Labute approximate surface area is 244 Å². The van der Waals surface area contributed by atoms with Gasteiger partial charge in [-0.05, 0) is 74.6 Å². The van der Waals surface area contributed by atoms with E-state index in [2.05, 4.69) is 10.6 Å². The van der Waals surface area contributed by atoms with Gasteiger partial charge in [-0.25, -0.2) is 4.79 Å². The van der Waals surface area contributed by atoms with E-state index < -0.39 is 42.1 Å². The lowest BCUT2D eigenvalue weighted by Crippen LogP contribution is -2.52. The minimum absolute atomic E-state index is 0.160. The number of carbonyl (C=O) groups is 3. The molecule has 2 atom stereocenters. The van der Waals surface area contributed by atoms with E-state index in [9.17, 15) is 24.8 Å². The molecule has 3 aromatic carbocycles. The largest absolute Gasteiger partial charge is 0.507 e. The fourth-order valence-corrected chi connectivity index (χ4v) is 4.82. The number of anilines is 1. The molecule has 0 aliphatic carbocycles. The molecule has 0 spiro atoms. The number of amides is 3. The van der Waals surface area contributed by atoms with Crippen LogP contribution in [0.25, 0.3) is 10.8 Å². The molecule has 3 amide bonds. The van der Waals surface area contributed by atoms with Crippen LogP contribution < -0.4 is 10.6 Å². The zero-order chi connectivity index (χ0) is 30.2. The summed E-state index contributed by atoms with van der Waals surface area (Å²) in [7, 11) is 0. The van der Waals surface area contributed by atoms with Gasteiger partial charge in [-0.3, -0.25) is 9.59 Å². The van der Waals surface area contributed by atoms with Crippen molar-refractivity contribution in [3.63, 3.8) is 0 Å². The maximum Gasteiger partial charge on any atom is 0.408 e. The second-order valence-electron chi connectivity index (χ2n) is 10.6. The maximum absolute atomic E-state index is 14.0. The summed E-state index contributed by atoms with van der Waals surface area (Å²) in [5, 5.41) is 28.1. The van der Waals surface area contributed by atoms with Crippen molar-refractivity contribution in [1.29, 1.82) is 5.26 Å². The van der Waals surface area contributed by atoms with Crippen LogP contribution in [-0.4, -0.2) is 58.1 Å². The molecule has 0 radical (unpaired) electrons. The van der Waals surface area contributed by atoms with E-state index in [-0.39, 0.29) is 17.7 Å². The number of para-hydroxylation sites is 1. The molecule has 2 unspecified atom stereocenters. The van der Waals surface area contributed by atoms with Crippen LogP contribution in [0.1, 0.15) is 44.4 Å². The normalized spacial score (nSPS) is 12.6. The van der Waals surface area contributed by atoms with Crippen molar-refractivity contribution >= 4 is 46.1 Å². The number of nitrogens with zero attached hydrogens (tertiary/aromatic N) is 2. The van der Waals surface area contributed by atoms with Crippen molar-refractivity contribution in [2.75, 3.05) is 23.9 Å². The van der Waals surface area contributed by atoms with Crippen LogP contribution in [0.2, 0.25) is 0 Å². The average Bonchev–Trinajstić information content (AvgIpc) is 2.91. The van der Waals surface area contributed by atoms with Gasteiger partial charge < -0.3 is 25.4 Å². The Kier molecular flexibility index (Phi) is 10.6. The lowest BCUT2D eigenvalue weighted by atomic mass is 9.99. The summed E-state index contributed by atoms with van der Waals surface area (Å²) in [6.07, 6.45) is 1.32. The highest BCUT2D eigenvalue weighted by atomic mass is 32.2. The molecule has 0 heterocycles. The van der Waals surface area contributed by atoms with Gasteiger partial charge in [-0.2, -0.15) is 17.0 Å². The molecule has 0 aromatic heterocycles. The summed E-state index contributed by atoms with van der Waals surface area (Å²) in [5.74, 6) is -0.907. The maximum atomic E-state index is 14.0. The van der Waals surface area contributed by atoms with E-state index >= 15 is 0 Å². The second-order valence-corrected chi connectivity index (χ2v) is 11.6. The number of fused-ring (bicyclic) bond motifs is 1. The van der Waals surface area contributed by atoms with Gasteiger partial charge in [0.25, 0.3) is 5.91 Å². The molecule has 0 fully saturated rings. The number of ether oxygens (including phenoxy) is 1. The number of carbonyl (C=O) groups excluding carboxylic acids is 3. The van der Waals surface area contributed by atoms with Crippen LogP contribution in [0.4, 0.5) is 10.5 Å². The quantitative estimate of drug-likeness (QED) is 0.270. The predicted octanol–water partition coefficient (Wildman–Crippen LogP) is 5.53. The van der Waals surface area contributed by atoms with Gasteiger partial charge in [0.15, 0.2) is 0 Å². The van der Waals surface area contributed by atoms with Crippen LogP contribution >= 0.6 is 11.8 Å². The number of aryl methyl sites for hydroxylation is 1. The third kappa shape index (κ3) is 8.38. The van der Waals surface area contributed by atoms with Gasteiger partial charge in [-0.1, -0.05) is 48.5 Å². The van der Waals surface area contributed by atoms with Crippen LogP contribution in [0.15, 0.2) is 60.7 Å². The van der Waals surface area contributed by atoms with E-state index in [1.807, 2.05) is 48.7 Å². The molecule has 3 N–H and O–H groups in total. The molecule has 0 aliphatic rings. The third-order valence-electron chi connectivity index (χ3n) is 6.26. The lowest BCUT2D eigenvalue weighted by Gasteiger charge is -2.33. The molecule has 3 aromatic rings. The number of phenols is 1. The Balaban J connectivity index is 2.04. The van der Waals surface area contributed by atoms with E-state index in [4.69, 9.17) is 4.74 Å². The first kappa shape index (κ1) is 31.3. The van der Waals surface area contributed by atoms with Crippen molar-refractivity contribution in [3.8, 4) is 11.8 Å². The fraction of sp³-hybridized carbons (Fsp3) is 0.355. The number of aromatic hydroxyl groups is 1. The van der Waals surface area contributed by atoms with E-state index in [1.165, 1.54) is 11.8 Å². The van der Waals surface area contributed by atoms with Crippen LogP contribution in [0.3, 0.4) is 0 Å². The van der Waals surface area contributed by atoms with Crippen molar-refractivity contribution in [2.45, 2.75) is 51.8 Å². The first-order chi connectivity index (χ1) is 19.4. The number of rotatable bonds is 10. The number of thioether (sulfide) groups is 1. The monoisotopic (exact) mass is 576 g/mol. The van der Waals surface area contributed by atoms with Crippen molar-refractivity contribution in [3.05, 3.63) is 71.8 Å². The number of phenolic OH excluding ortho intramolecular Hbond substituents is 1. The summed E-state index contributed by atoms with van der Waals surface area (Å²) < 4.78 is 5.37. The molecule has 3 rings (SSSR count). The Morgan fingerprint density at radius 1 is 1.07 bits per heavy atom. The van der Waals surface area contributed by atoms with E-state index in [0.717, 1.165) is 15.7 Å². The van der Waals surface area contributed by atoms with Gasteiger partial charge in [0.2, 0.25) is 5.91 Å². The molecule has 0 saturated carbocycles. The standard InChI is InChI=1S/C31H36N4O5S/c1-20-9-8-12-24(27(20)36)26(28(37)33-23-14-13-21-10-6-7-11-22(21)19-23)35(17-16-32)29(38)25(15-18-41-5)34-30(39)40-31(2,3)4/h6-14,19,25-26,36H,15,17-18H2,1-5H3,(H,33,37)(H,34,39). The predicted molar refractivity (Wildman–Crippen MR) is 162 cm³/mol. The third-order valence-corrected chi connectivity index (χ3v) is 6.91. The highest BCUT2D eigenvalue weighted by molar-refractivity contribution is 7.98. The van der Waals surface area contributed by atoms with Crippen molar-refractivity contribution in [2.24, 2.45) is 0 Å². The smallest absolute Gasteiger partial charge is 0.408 e. The Bertz CT molecular complexity index is 1450. The van der Waals surface area contributed by atoms with Crippen molar-refractivity contribution in [1.82, 2.24) is 10.2 Å². The summed E-state index contributed by atoms with van der Waals surface area (Å²) in [4.78, 5) is 41.7. The topological polar surface area (TPSA) is 132 Å². The lowest BCUT2D eigenvalue weighted by molar-refractivity contribution is -0.140. The summed E-state index contributed by atoms with van der Waals surface area (Å²) >= 11 is 1.48. The SMILES string of the molecule is CSCCC(NC(=O)OC(C)(C)C)C(=O)N(CC#N)C(C(=O)Nc1ccc2ccccc2c1)c1cccc(C)c1O. The van der Waals surface area contributed by atoms with Gasteiger partial charge in [-0.15, -0.1) is 0 Å². The number of alkyl carbamates (subject to hydrolysis) is 1. The Hall–Kier alpha value is -4.23. The van der Waals surface area contributed by atoms with E-state index in [1.54, 1.807) is 52.0 Å². The van der Waals surface area contributed by atoms with Gasteiger partial charge in [0.05, 0.1) is 6.07 Å². The van der Waals surface area contributed by atoms with Crippen LogP contribution in [0.5, 0.6) is 5.75 Å². The number of hydrogen-bond acceptors (Lipinski definition) is 7. The van der Waals surface area contributed by atoms with Gasteiger partial charge >= 0.3 is 6.09 Å². The second kappa shape index (κ2) is 13.9. The van der Waals surface area contributed by atoms with Gasteiger partial charge in [0.1, 0.15) is 30.0 Å². The minimum Gasteiger partial charge on any atom is -0.507 e.